The maximum absolute atomic E-state index is 11.3. The number of nitrogens with zero attached hydrogens (tertiary/aromatic N) is 1. The number of nitrogens with one attached hydrogen (secondary N) is 1. The Morgan fingerprint density at radius 1 is 1.67 bits per heavy atom. The lowest BCUT2D eigenvalue weighted by atomic mass is 10.1. The number of carbonyl (C=O) groups excluding carboxylic acids is 1. The van der Waals surface area contributed by atoms with Gasteiger partial charge in [-0.25, -0.2) is 0 Å². The molecule has 1 rings (SSSR count). The quantitative estimate of drug-likeness (QED) is 0.483. The van der Waals surface area contributed by atoms with Gasteiger partial charge in [-0.1, -0.05) is 13.3 Å². The van der Waals surface area contributed by atoms with Gasteiger partial charge in [-0.2, -0.15) is 0 Å². The van der Waals surface area contributed by atoms with E-state index in [1.54, 1.807) is 0 Å². The fourth-order valence-electron chi connectivity index (χ4n) is 2.03. The van der Waals surface area contributed by atoms with Gasteiger partial charge in [-0.05, 0) is 6.42 Å². The third-order valence-electron chi connectivity index (χ3n) is 3.08. The van der Waals surface area contributed by atoms with E-state index in [-0.39, 0.29) is 11.9 Å². The Balaban J connectivity index is 2.27. The molecule has 0 aromatic heterocycles. The molecule has 2 unspecified atom stereocenters. The summed E-state index contributed by atoms with van der Waals surface area (Å²) in [6, 6.07) is -0.330. The van der Waals surface area contributed by atoms with Crippen LogP contribution in [0.15, 0.2) is 0 Å². The van der Waals surface area contributed by atoms with Gasteiger partial charge in [-0.15, -0.1) is 0 Å². The number of piperazine rings is 1. The summed E-state index contributed by atoms with van der Waals surface area (Å²) in [7, 11) is 0. The van der Waals surface area contributed by atoms with E-state index in [0.29, 0.717) is 26.3 Å². The second-order valence-corrected chi connectivity index (χ2v) is 4.70. The average molecular weight is 259 g/mol. The van der Waals surface area contributed by atoms with Gasteiger partial charge in [0, 0.05) is 32.8 Å². The molecule has 18 heavy (non-hydrogen) atoms. The number of nitrogens with two attached hydrogens (primary N) is 1. The SMILES string of the molecule is CCCCOCC(O)CN1CCNCC1C(N)=O. The van der Waals surface area contributed by atoms with E-state index < -0.39 is 6.10 Å². The fourth-order valence-corrected chi connectivity index (χ4v) is 2.03. The van der Waals surface area contributed by atoms with Crippen molar-refractivity contribution < 1.29 is 14.6 Å². The molecule has 6 nitrogen and oxygen atoms in total. The van der Waals surface area contributed by atoms with Crippen molar-refractivity contribution in [2.24, 2.45) is 5.73 Å². The molecule has 2 atom stereocenters. The first kappa shape index (κ1) is 15.4. The number of rotatable bonds is 8. The summed E-state index contributed by atoms with van der Waals surface area (Å²) in [6.45, 7) is 5.61. The molecule has 0 aromatic rings. The summed E-state index contributed by atoms with van der Waals surface area (Å²) in [4.78, 5) is 13.2. The Bertz CT molecular complexity index is 251. The highest BCUT2D eigenvalue weighted by Crippen LogP contribution is 2.04. The Labute approximate surface area is 108 Å². The Morgan fingerprint density at radius 2 is 2.44 bits per heavy atom. The first-order chi connectivity index (χ1) is 8.65. The van der Waals surface area contributed by atoms with Gasteiger partial charge < -0.3 is 20.9 Å². The van der Waals surface area contributed by atoms with Crippen molar-refractivity contribution in [1.82, 2.24) is 10.2 Å². The van der Waals surface area contributed by atoms with Crippen LogP contribution in [0.25, 0.3) is 0 Å². The number of ether oxygens (including phenoxy) is 1. The molecule has 0 bridgehead atoms. The maximum Gasteiger partial charge on any atom is 0.236 e. The fraction of sp³-hybridized carbons (Fsp3) is 0.917. The number of amides is 1. The number of carbonyl (C=O) groups is 1. The lowest BCUT2D eigenvalue weighted by Crippen LogP contribution is -2.58. The molecular weight excluding hydrogens is 234 g/mol. The van der Waals surface area contributed by atoms with E-state index in [2.05, 4.69) is 12.2 Å². The van der Waals surface area contributed by atoms with E-state index >= 15 is 0 Å². The number of aliphatic hydroxyl groups is 1. The van der Waals surface area contributed by atoms with Crippen LogP contribution in [0, 0.1) is 0 Å². The molecule has 6 heteroatoms. The van der Waals surface area contributed by atoms with Crippen LogP contribution in [-0.4, -0.2) is 67.5 Å². The summed E-state index contributed by atoms with van der Waals surface area (Å²) < 4.78 is 5.36. The predicted molar refractivity (Wildman–Crippen MR) is 69.2 cm³/mol. The van der Waals surface area contributed by atoms with Crippen LogP contribution in [0.2, 0.25) is 0 Å². The molecule has 1 fully saturated rings. The van der Waals surface area contributed by atoms with Crippen LogP contribution in [0.4, 0.5) is 0 Å². The normalized spacial score (nSPS) is 22.9. The minimum absolute atomic E-state index is 0.315. The van der Waals surface area contributed by atoms with Crippen molar-refractivity contribution in [1.29, 1.82) is 0 Å². The Kier molecular flexibility index (Phi) is 7.19. The van der Waals surface area contributed by atoms with Crippen molar-refractivity contribution in [2.45, 2.75) is 31.9 Å². The van der Waals surface area contributed by atoms with Crippen molar-refractivity contribution in [3.05, 3.63) is 0 Å². The zero-order valence-electron chi connectivity index (χ0n) is 11.1. The smallest absolute Gasteiger partial charge is 0.236 e. The third-order valence-corrected chi connectivity index (χ3v) is 3.08. The molecule has 4 N–H and O–H groups in total. The minimum Gasteiger partial charge on any atom is -0.389 e. The van der Waals surface area contributed by atoms with Gasteiger partial charge in [0.1, 0.15) is 6.04 Å². The summed E-state index contributed by atoms with van der Waals surface area (Å²) in [5.74, 6) is -0.346. The topological polar surface area (TPSA) is 87.8 Å². The molecule has 0 radical (unpaired) electrons. The molecule has 1 aliphatic rings. The second-order valence-electron chi connectivity index (χ2n) is 4.70. The van der Waals surface area contributed by atoms with E-state index in [1.807, 2.05) is 4.90 Å². The predicted octanol–water partition coefficient (Wildman–Crippen LogP) is -1.08. The first-order valence-electron chi connectivity index (χ1n) is 6.65. The maximum atomic E-state index is 11.3. The second kappa shape index (κ2) is 8.42. The zero-order valence-corrected chi connectivity index (χ0v) is 11.1. The third kappa shape index (κ3) is 5.30. The molecule has 1 aliphatic heterocycles. The van der Waals surface area contributed by atoms with Gasteiger partial charge in [0.05, 0.1) is 12.7 Å². The summed E-state index contributed by atoms with van der Waals surface area (Å²) in [5.41, 5.74) is 5.34. The van der Waals surface area contributed by atoms with Gasteiger partial charge in [0.15, 0.2) is 0 Å². The Morgan fingerprint density at radius 3 is 3.11 bits per heavy atom. The molecule has 0 spiro atoms. The molecule has 1 saturated heterocycles. The highest BCUT2D eigenvalue weighted by Gasteiger charge is 2.28. The summed E-state index contributed by atoms with van der Waals surface area (Å²) in [6.07, 6.45) is 1.52. The van der Waals surface area contributed by atoms with Crippen LogP contribution in [0.3, 0.4) is 0 Å². The van der Waals surface area contributed by atoms with Crippen molar-refractivity contribution >= 4 is 5.91 Å². The molecule has 1 heterocycles. The molecule has 0 saturated carbocycles. The first-order valence-corrected chi connectivity index (χ1v) is 6.65. The van der Waals surface area contributed by atoms with Crippen molar-refractivity contribution in [3.63, 3.8) is 0 Å². The lowest BCUT2D eigenvalue weighted by molar-refractivity contribution is -0.124. The highest BCUT2D eigenvalue weighted by molar-refractivity contribution is 5.80. The van der Waals surface area contributed by atoms with Crippen LogP contribution < -0.4 is 11.1 Å². The van der Waals surface area contributed by atoms with Gasteiger partial charge >= 0.3 is 0 Å². The highest BCUT2D eigenvalue weighted by atomic mass is 16.5. The summed E-state index contributed by atoms with van der Waals surface area (Å²) >= 11 is 0. The molecule has 0 aromatic carbocycles. The summed E-state index contributed by atoms with van der Waals surface area (Å²) in [5, 5.41) is 13.0. The largest absolute Gasteiger partial charge is 0.389 e. The molecule has 0 aliphatic carbocycles. The van der Waals surface area contributed by atoms with E-state index in [1.165, 1.54) is 0 Å². The standard InChI is InChI=1S/C12H25N3O3/c1-2-3-6-18-9-10(16)8-15-5-4-14-7-11(15)12(13)17/h10-11,14,16H,2-9H2,1H3,(H2,13,17). The number of hydrogen-bond donors (Lipinski definition) is 3. The number of unbranched alkanes of at least 4 members (excludes halogenated alkanes) is 1. The van der Waals surface area contributed by atoms with Crippen molar-refractivity contribution in [3.8, 4) is 0 Å². The molecule has 106 valence electrons. The minimum atomic E-state index is -0.568. The lowest BCUT2D eigenvalue weighted by Gasteiger charge is -2.35. The van der Waals surface area contributed by atoms with Gasteiger partial charge in [0.25, 0.3) is 0 Å². The van der Waals surface area contributed by atoms with Gasteiger partial charge in [0.2, 0.25) is 5.91 Å². The monoisotopic (exact) mass is 259 g/mol. The van der Waals surface area contributed by atoms with Crippen LogP contribution >= 0.6 is 0 Å². The number of aliphatic hydroxyl groups excluding tert-OH is 1. The van der Waals surface area contributed by atoms with E-state index in [4.69, 9.17) is 10.5 Å². The van der Waals surface area contributed by atoms with Crippen molar-refractivity contribution in [2.75, 3.05) is 39.4 Å². The molecular formula is C12H25N3O3. The average Bonchev–Trinajstić information content (AvgIpc) is 2.35. The Hall–Kier alpha value is -0.690. The van der Waals surface area contributed by atoms with E-state index in [0.717, 1.165) is 25.9 Å². The van der Waals surface area contributed by atoms with Gasteiger partial charge in [-0.3, -0.25) is 9.69 Å². The van der Waals surface area contributed by atoms with E-state index in [9.17, 15) is 9.90 Å². The van der Waals surface area contributed by atoms with Crippen LogP contribution in [0.5, 0.6) is 0 Å². The molecule has 1 amide bonds. The van der Waals surface area contributed by atoms with Crippen LogP contribution in [-0.2, 0) is 9.53 Å². The number of hydrogen-bond acceptors (Lipinski definition) is 5. The van der Waals surface area contributed by atoms with Crippen LogP contribution in [0.1, 0.15) is 19.8 Å². The number of primary amides is 1. The number of β-amino-alcohol motifs (C(OH)–C–C–N with tert-alkyl or cyclic N) is 1. The zero-order chi connectivity index (χ0) is 13.4.